The molecule has 0 aliphatic heterocycles. The van der Waals surface area contributed by atoms with Crippen LogP contribution in [0.4, 0.5) is 5.69 Å². The predicted molar refractivity (Wildman–Crippen MR) is 103 cm³/mol. The molecule has 0 unspecified atom stereocenters. The third-order valence-electron chi connectivity index (χ3n) is 4.36. The predicted octanol–water partition coefficient (Wildman–Crippen LogP) is 1.99. The summed E-state index contributed by atoms with van der Waals surface area (Å²) >= 11 is 1.10. The van der Waals surface area contributed by atoms with Crippen LogP contribution in [-0.2, 0) is 11.3 Å². The van der Waals surface area contributed by atoms with Crippen LogP contribution in [-0.4, -0.2) is 26.0 Å². The molecule has 0 bridgehead atoms. The number of carbonyl (C=O) groups excluding carboxylic acids is 1. The van der Waals surface area contributed by atoms with Crippen LogP contribution in [0.3, 0.4) is 0 Å². The zero-order valence-corrected chi connectivity index (χ0v) is 15.5. The standard InChI is InChI=1S/C18H18N4O4S/c1-2-26-13-7-3-11(4-8-13)19-15(23)9-21-14-10-27-20-16(14)17(24)22(18(21)25)12-5-6-12/h3-4,7-8,10,12H,2,5-6,9H2,1H3,(H,19,23). The summed E-state index contributed by atoms with van der Waals surface area (Å²) in [4.78, 5) is 37.8. The molecule has 8 nitrogen and oxygen atoms in total. The van der Waals surface area contributed by atoms with E-state index in [0.717, 1.165) is 24.4 Å². The number of hydrogen-bond donors (Lipinski definition) is 1. The molecule has 0 saturated heterocycles. The Balaban J connectivity index is 1.61. The monoisotopic (exact) mass is 386 g/mol. The zero-order chi connectivity index (χ0) is 19.0. The topological polar surface area (TPSA) is 95.2 Å². The number of fused-ring (bicyclic) bond motifs is 1. The van der Waals surface area contributed by atoms with Gasteiger partial charge in [0.05, 0.1) is 12.1 Å². The fourth-order valence-corrected chi connectivity index (χ4v) is 3.63. The highest BCUT2D eigenvalue weighted by atomic mass is 32.1. The summed E-state index contributed by atoms with van der Waals surface area (Å²) in [6, 6.07) is 6.91. The van der Waals surface area contributed by atoms with Crippen LogP contribution in [0.2, 0.25) is 0 Å². The molecular weight excluding hydrogens is 368 g/mol. The molecule has 140 valence electrons. The van der Waals surface area contributed by atoms with E-state index in [1.54, 1.807) is 29.6 Å². The Morgan fingerprint density at radius 3 is 2.70 bits per heavy atom. The Labute approximate surface area is 158 Å². The van der Waals surface area contributed by atoms with Crippen molar-refractivity contribution in [1.82, 2.24) is 13.5 Å². The van der Waals surface area contributed by atoms with Crippen LogP contribution in [0.15, 0.2) is 39.2 Å². The number of amides is 1. The van der Waals surface area contributed by atoms with Gasteiger partial charge in [-0.25, -0.2) is 4.79 Å². The minimum atomic E-state index is -0.461. The molecule has 2 heterocycles. The van der Waals surface area contributed by atoms with Crippen molar-refractivity contribution in [2.45, 2.75) is 32.4 Å². The molecule has 3 aromatic rings. The summed E-state index contributed by atoms with van der Waals surface area (Å²) in [5, 5.41) is 4.39. The van der Waals surface area contributed by atoms with Gasteiger partial charge in [0.25, 0.3) is 5.56 Å². The lowest BCUT2D eigenvalue weighted by Gasteiger charge is -2.12. The molecule has 1 aliphatic carbocycles. The SMILES string of the molecule is CCOc1ccc(NC(=O)Cn2c(=O)n(C3CC3)c(=O)c3nscc32)cc1. The summed E-state index contributed by atoms with van der Waals surface area (Å²) in [7, 11) is 0. The van der Waals surface area contributed by atoms with Crippen LogP contribution in [0.1, 0.15) is 25.8 Å². The summed E-state index contributed by atoms with van der Waals surface area (Å²) in [5.41, 5.74) is 0.403. The Hall–Kier alpha value is -2.94. The molecule has 1 fully saturated rings. The largest absolute Gasteiger partial charge is 0.494 e. The van der Waals surface area contributed by atoms with E-state index in [1.807, 2.05) is 6.92 Å². The lowest BCUT2D eigenvalue weighted by Crippen LogP contribution is -2.41. The second-order valence-corrected chi connectivity index (χ2v) is 6.96. The van der Waals surface area contributed by atoms with Gasteiger partial charge in [-0.2, -0.15) is 4.37 Å². The van der Waals surface area contributed by atoms with Gasteiger partial charge >= 0.3 is 5.69 Å². The lowest BCUT2D eigenvalue weighted by molar-refractivity contribution is -0.116. The van der Waals surface area contributed by atoms with E-state index in [-0.39, 0.29) is 29.6 Å². The van der Waals surface area contributed by atoms with Crippen LogP contribution >= 0.6 is 11.5 Å². The highest BCUT2D eigenvalue weighted by Crippen LogP contribution is 2.32. The van der Waals surface area contributed by atoms with Gasteiger partial charge in [0, 0.05) is 17.1 Å². The molecule has 27 heavy (non-hydrogen) atoms. The molecular formula is C18H18N4O4S. The van der Waals surface area contributed by atoms with Gasteiger partial charge in [-0.05, 0) is 55.6 Å². The van der Waals surface area contributed by atoms with Crippen LogP contribution in [0.25, 0.3) is 11.0 Å². The molecule has 1 aliphatic rings. The van der Waals surface area contributed by atoms with E-state index in [2.05, 4.69) is 9.69 Å². The number of anilines is 1. The average Bonchev–Trinajstić information content (AvgIpc) is 3.35. The second-order valence-electron chi connectivity index (χ2n) is 6.33. The maximum absolute atomic E-state index is 12.8. The number of hydrogen-bond acceptors (Lipinski definition) is 6. The Kier molecular flexibility index (Phi) is 4.53. The van der Waals surface area contributed by atoms with E-state index in [9.17, 15) is 14.4 Å². The van der Waals surface area contributed by atoms with Crippen molar-refractivity contribution < 1.29 is 9.53 Å². The molecule has 9 heteroatoms. The first-order chi connectivity index (χ1) is 13.1. The second kappa shape index (κ2) is 6.99. The molecule has 2 aromatic heterocycles. The average molecular weight is 386 g/mol. The lowest BCUT2D eigenvalue weighted by atomic mass is 10.3. The zero-order valence-electron chi connectivity index (χ0n) is 14.7. The maximum Gasteiger partial charge on any atom is 0.332 e. The Morgan fingerprint density at radius 1 is 1.30 bits per heavy atom. The first-order valence-electron chi connectivity index (χ1n) is 8.70. The maximum atomic E-state index is 12.8. The molecule has 0 spiro atoms. The Morgan fingerprint density at radius 2 is 2.04 bits per heavy atom. The minimum Gasteiger partial charge on any atom is -0.494 e. The van der Waals surface area contributed by atoms with E-state index in [4.69, 9.17) is 4.74 Å². The van der Waals surface area contributed by atoms with Crippen LogP contribution in [0.5, 0.6) is 5.75 Å². The number of aromatic nitrogens is 3. The minimum absolute atomic E-state index is 0.0866. The molecule has 1 N–H and O–H groups in total. The Bertz CT molecular complexity index is 1110. The molecule has 1 aromatic carbocycles. The van der Waals surface area contributed by atoms with Crippen LogP contribution < -0.4 is 21.3 Å². The number of nitrogens with zero attached hydrogens (tertiary/aromatic N) is 3. The van der Waals surface area contributed by atoms with E-state index >= 15 is 0 Å². The van der Waals surface area contributed by atoms with E-state index in [1.165, 1.54) is 9.13 Å². The highest BCUT2D eigenvalue weighted by molar-refractivity contribution is 7.04. The number of benzene rings is 1. The van der Waals surface area contributed by atoms with Crippen molar-refractivity contribution in [1.29, 1.82) is 0 Å². The fraction of sp³-hybridized carbons (Fsp3) is 0.333. The number of ether oxygens (including phenoxy) is 1. The fourth-order valence-electron chi connectivity index (χ4n) is 2.96. The van der Waals surface area contributed by atoms with Crippen molar-refractivity contribution in [3.63, 3.8) is 0 Å². The van der Waals surface area contributed by atoms with Gasteiger partial charge in [0.2, 0.25) is 5.91 Å². The van der Waals surface area contributed by atoms with Gasteiger partial charge in [-0.15, -0.1) is 0 Å². The molecule has 0 atom stereocenters. The van der Waals surface area contributed by atoms with Gasteiger partial charge in [0.1, 0.15) is 12.3 Å². The van der Waals surface area contributed by atoms with Gasteiger partial charge in [0.15, 0.2) is 5.52 Å². The molecule has 1 saturated carbocycles. The number of rotatable bonds is 6. The number of carbonyl (C=O) groups is 1. The third kappa shape index (κ3) is 3.37. The summed E-state index contributed by atoms with van der Waals surface area (Å²) in [6.07, 6.45) is 1.59. The smallest absolute Gasteiger partial charge is 0.332 e. The third-order valence-corrected chi connectivity index (χ3v) is 4.98. The number of nitrogens with one attached hydrogen (secondary N) is 1. The van der Waals surface area contributed by atoms with E-state index < -0.39 is 5.69 Å². The first kappa shape index (κ1) is 17.5. The van der Waals surface area contributed by atoms with Crippen LogP contribution in [0, 0.1) is 0 Å². The molecule has 1 amide bonds. The van der Waals surface area contributed by atoms with E-state index in [0.29, 0.717) is 23.6 Å². The van der Waals surface area contributed by atoms with Gasteiger partial charge < -0.3 is 10.1 Å². The van der Waals surface area contributed by atoms with Gasteiger partial charge in [-0.3, -0.25) is 18.7 Å². The van der Waals surface area contributed by atoms with Crippen molar-refractivity contribution in [3.05, 3.63) is 50.5 Å². The summed E-state index contributed by atoms with van der Waals surface area (Å²) < 4.78 is 12.0. The van der Waals surface area contributed by atoms with Crippen molar-refractivity contribution in [3.8, 4) is 5.75 Å². The summed E-state index contributed by atoms with van der Waals surface area (Å²) in [5.74, 6) is 0.365. The quantitative estimate of drug-likeness (QED) is 0.699. The van der Waals surface area contributed by atoms with Crippen molar-refractivity contribution >= 4 is 34.2 Å². The van der Waals surface area contributed by atoms with Crippen molar-refractivity contribution in [2.75, 3.05) is 11.9 Å². The summed E-state index contributed by atoms with van der Waals surface area (Å²) in [6.45, 7) is 2.28. The highest BCUT2D eigenvalue weighted by Gasteiger charge is 2.29. The first-order valence-corrected chi connectivity index (χ1v) is 9.54. The normalized spacial score (nSPS) is 13.7. The van der Waals surface area contributed by atoms with Crippen molar-refractivity contribution in [2.24, 2.45) is 0 Å². The van der Waals surface area contributed by atoms with Gasteiger partial charge in [-0.1, -0.05) is 0 Å². The molecule has 0 radical (unpaired) electrons. The molecule has 4 rings (SSSR count).